The van der Waals surface area contributed by atoms with Crippen molar-refractivity contribution in [3.8, 4) is 0 Å². The molecule has 0 saturated carbocycles. The SMILES string of the molecule is CC(C)N(C(=O)c1ccncc1)c1ccc(CN)cc1. The van der Waals surface area contributed by atoms with Gasteiger partial charge in [-0.2, -0.15) is 0 Å². The fourth-order valence-electron chi connectivity index (χ4n) is 2.08. The van der Waals surface area contributed by atoms with Crippen molar-refractivity contribution in [2.75, 3.05) is 4.90 Å². The second-order valence-electron chi connectivity index (χ2n) is 4.88. The van der Waals surface area contributed by atoms with Gasteiger partial charge in [-0.05, 0) is 43.7 Å². The molecule has 1 amide bonds. The summed E-state index contributed by atoms with van der Waals surface area (Å²) in [5.41, 5.74) is 8.16. The zero-order chi connectivity index (χ0) is 14.5. The number of nitrogens with two attached hydrogens (primary N) is 1. The minimum atomic E-state index is -0.0251. The van der Waals surface area contributed by atoms with Gasteiger partial charge < -0.3 is 10.6 Å². The first-order chi connectivity index (χ1) is 9.63. The first-order valence-corrected chi connectivity index (χ1v) is 6.66. The molecule has 1 aromatic carbocycles. The summed E-state index contributed by atoms with van der Waals surface area (Å²) in [6.45, 7) is 4.49. The van der Waals surface area contributed by atoms with E-state index in [1.54, 1.807) is 29.4 Å². The summed E-state index contributed by atoms with van der Waals surface area (Å²) in [4.78, 5) is 18.3. The number of carbonyl (C=O) groups is 1. The van der Waals surface area contributed by atoms with Gasteiger partial charge in [-0.25, -0.2) is 0 Å². The number of rotatable bonds is 4. The summed E-state index contributed by atoms with van der Waals surface area (Å²) >= 11 is 0. The highest BCUT2D eigenvalue weighted by atomic mass is 16.2. The van der Waals surface area contributed by atoms with E-state index >= 15 is 0 Å². The van der Waals surface area contributed by atoms with Crippen LogP contribution in [0.1, 0.15) is 29.8 Å². The fourth-order valence-corrected chi connectivity index (χ4v) is 2.08. The third kappa shape index (κ3) is 3.03. The Bertz CT molecular complexity index is 564. The highest BCUT2D eigenvalue weighted by Gasteiger charge is 2.20. The molecule has 1 aromatic heterocycles. The lowest BCUT2D eigenvalue weighted by Crippen LogP contribution is -2.37. The van der Waals surface area contributed by atoms with Gasteiger partial charge in [-0.15, -0.1) is 0 Å². The molecule has 2 N–H and O–H groups in total. The average Bonchev–Trinajstić information content (AvgIpc) is 2.48. The van der Waals surface area contributed by atoms with Crippen LogP contribution in [0, 0.1) is 0 Å². The summed E-state index contributed by atoms with van der Waals surface area (Å²) in [5.74, 6) is -0.0251. The van der Waals surface area contributed by atoms with Crippen LogP contribution in [0.3, 0.4) is 0 Å². The Morgan fingerprint density at radius 1 is 1.15 bits per heavy atom. The smallest absolute Gasteiger partial charge is 0.258 e. The molecule has 0 fully saturated rings. The number of amides is 1. The summed E-state index contributed by atoms with van der Waals surface area (Å²) < 4.78 is 0. The zero-order valence-corrected chi connectivity index (χ0v) is 11.8. The standard InChI is InChI=1S/C16H19N3O/c1-12(2)19(15-5-3-13(11-17)4-6-15)16(20)14-7-9-18-10-8-14/h3-10,12H,11,17H2,1-2H3. The molecule has 0 saturated heterocycles. The van der Waals surface area contributed by atoms with E-state index in [9.17, 15) is 4.79 Å². The molecular weight excluding hydrogens is 250 g/mol. The Kier molecular flexibility index (Phi) is 4.48. The number of hydrogen-bond acceptors (Lipinski definition) is 3. The lowest BCUT2D eigenvalue weighted by atomic mass is 10.1. The van der Waals surface area contributed by atoms with Crippen LogP contribution in [0.4, 0.5) is 5.69 Å². The average molecular weight is 269 g/mol. The molecule has 0 aliphatic carbocycles. The number of aromatic nitrogens is 1. The summed E-state index contributed by atoms with van der Waals surface area (Å²) in [6, 6.07) is 11.3. The first-order valence-electron chi connectivity index (χ1n) is 6.66. The molecule has 4 nitrogen and oxygen atoms in total. The van der Waals surface area contributed by atoms with Crippen LogP contribution in [0.5, 0.6) is 0 Å². The van der Waals surface area contributed by atoms with E-state index in [0.29, 0.717) is 12.1 Å². The predicted octanol–water partition coefficient (Wildman–Crippen LogP) is 2.60. The number of hydrogen-bond donors (Lipinski definition) is 1. The Morgan fingerprint density at radius 2 is 1.75 bits per heavy atom. The van der Waals surface area contributed by atoms with Gasteiger partial charge >= 0.3 is 0 Å². The minimum absolute atomic E-state index is 0.0251. The Hall–Kier alpha value is -2.20. The molecule has 20 heavy (non-hydrogen) atoms. The molecule has 4 heteroatoms. The molecule has 0 spiro atoms. The maximum atomic E-state index is 12.6. The van der Waals surface area contributed by atoms with Crippen LogP contribution in [0.2, 0.25) is 0 Å². The van der Waals surface area contributed by atoms with Gasteiger partial charge in [0.25, 0.3) is 5.91 Å². The predicted molar refractivity (Wildman–Crippen MR) is 80.5 cm³/mol. The molecule has 2 aromatic rings. The maximum absolute atomic E-state index is 12.6. The second-order valence-corrected chi connectivity index (χ2v) is 4.88. The van der Waals surface area contributed by atoms with Gasteiger partial charge in [-0.1, -0.05) is 12.1 Å². The third-order valence-corrected chi connectivity index (χ3v) is 3.11. The lowest BCUT2D eigenvalue weighted by Gasteiger charge is -2.27. The van der Waals surface area contributed by atoms with Crippen molar-refractivity contribution in [1.29, 1.82) is 0 Å². The van der Waals surface area contributed by atoms with E-state index in [-0.39, 0.29) is 11.9 Å². The molecule has 0 radical (unpaired) electrons. The molecule has 0 bridgehead atoms. The van der Waals surface area contributed by atoms with Crippen molar-refractivity contribution >= 4 is 11.6 Å². The van der Waals surface area contributed by atoms with Crippen LogP contribution >= 0.6 is 0 Å². The monoisotopic (exact) mass is 269 g/mol. The Morgan fingerprint density at radius 3 is 2.25 bits per heavy atom. The summed E-state index contributed by atoms with van der Waals surface area (Å²) in [6.07, 6.45) is 3.26. The van der Waals surface area contributed by atoms with Crippen molar-refractivity contribution in [1.82, 2.24) is 4.98 Å². The van der Waals surface area contributed by atoms with Crippen molar-refractivity contribution in [3.05, 3.63) is 59.9 Å². The van der Waals surface area contributed by atoms with Crippen LogP contribution in [-0.2, 0) is 6.54 Å². The maximum Gasteiger partial charge on any atom is 0.258 e. The van der Waals surface area contributed by atoms with Gasteiger partial charge in [-0.3, -0.25) is 9.78 Å². The van der Waals surface area contributed by atoms with E-state index < -0.39 is 0 Å². The lowest BCUT2D eigenvalue weighted by molar-refractivity contribution is 0.0980. The van der Waals surface area contributed by atoms with E-state index in [0.717, 1.165) is 11.3 Å². The Labute approximate surface area is 119 Å². The van der Waals surface area contributed by atoms with Crippen molar-refractivity contribution < 1.29 is 4.79 Å². The van der Waals surface area contributed by atoms with Crippen molar-refractivity contribution in [3.63, 3.8) is 0 Å². The Balaban J connectivity index is 2.33. The van der Waals surface area contributed by atoms with Gasteiger partial charge in [0.1, 0.15) is 0 Å². The molecule has 2 rings (SSSR count). The van der Waals surface area contributed by atoms with Crippen LogP contribution in [0.15, 0.2) is 48.8 Å². The van der Waals surface area contributed by atoms with Gasteiger partial charge in [0.05, 0.1) is 0 Å². The van der Waals surface area contributed by atoms with Crippen molar-refractivity contribution in [2.45, 2.75) is 26.4 Å². The van der Waals surface area contributed by atoms with E-state index in [2.05, 4.69) is 4.98 Å². The number of carbonyl (C=O) groups excluding carboxylic acids is 1. The molecule has 104 valence electrons. The van der Waals surface area contributed by atoms with Crippen molar-refractivity contribution in [2.24, 2.45) is 5.73 Å². The molecule has 0 atom stereocenters. The van der Waals surface area contributed by atoms with Gasteiger partial charge in [0, 0.05) is 36.2 Å². The third-order valence-electron chi connectivity index (χ3n) is 3.11. The molecule has 0 aliphatic rings. The van der Waals surface area contributed by atoms with E-state index in [1.165, 1.54) is 0 Å². The summed E-state index contributed by atoms with van der Waals surface area (Å²) in [5, 5.41) is 0. The fraction of sp³-hybridized carbons (Fsp3) is 0.250. The van der Waals surface area contributed by atoms with Crippen LogP contribution in [-0.4, -0.2) is 16.9 Å². The van der Waals surface area contributed by atoms with Gasteiger partial charge in [0.2, 0.25) is 0 Å². The zero-order valence-electron chi connectivity index (χ0n) is 11.8. The highest BCUT2D eigenvalue weighted by Crippen LogP contribution is 2.20. The largest absolute Gasteiger partial charge is 0.326 e. The first kappa shape index (κ1) is 14.2. The van der Waals surface area contributed by atoms with E-state index in [4.69, 9.17) is 5.73 Å². The molecule has 0 unspecified atom stereocenters. The molecule has 1 heterocycles. The minimum Gasteiger partial charge on any atom is -0.326 e. The van der Waals surface area contributed by atoms with Crippen LogP contribution < -0.4 is 10.6 Å². The molecular formula is C16H19N3O. The highest BCUT2D eigenvalue weighted by molar-refractivity contribution is 6.06. The normalized spacial score (nSPS) is 10.6. The number of nitrogens with zero attached hydrogens (tertiary/aromatic N) is 2. The molecule has 0 aliphatic heterocycles. The topological polar surface area (TPSA) is 59.2 Å². The number of pyridine rings is 1. The summed E-state index contributed by atoms with van der Waals surface area (Å²) in [7, 11) is 0. The second kappa shape index (κ2) is 6.30. The van der Waals surface area contributed by atoms with Gasteiger partial charge in [0.15, 0.2) is 0 Å². The number of anilines is 1. The van der Waals surface area contributed by atoms with Crippen LogP contribution in [0.25, 0.3) is 0 Å². The van der Waals surface area contributed by atoms with E-state index in [1.807, 2.05) is 38.1 Å². The number of benzene rings is 1. The quantitative estimate of drug-likeness (QED) is 0.928.